The van der Waals surface area contributed by atoms with Gasteiger partial charge in [-0.15, -0.1) is 0 Å². The molecule has 0 aliphatic carbocycles. The Balaban J connectivity index is 1.58. The molecule has 0 unspecified atom stereocenters. The van der Waals surface area contributed by atoms with Crippen molar-refractivity contribution < 1.29 is 14.6 Å². The molecule has 7 heteroatoms. The number of rotatable bonds is 6. The Labute approximate surface area is 323 Å². The van der Waals surface area contributed by atoms with E-state index in [1.165, 1.54) is 33.4 Å². The topological polar surface area (TPSA) is 104 Å². The van der Waals surface area contributed by atoms with E-state index in [0.29, 0.717) is 11.5 Å². The number of hydrogen-bond acceptors (Lipinski definition) is 4. The van der Waals surface area contributed by atoms with Crippen molar-refractivity contribution in [1.82, 2.24) is 19.9 Å². The van der Waals surface area contributed by atoms with Crippen molar-refractivity contribution in [2.75, 3.05) is 0 Å². The van der Waals surface area contributed by atoms with Gasteiger partial charge in [-0.3, -0.25) is 0 Å². The first kappa shape index (κ1) is 36.3. The van der Waals surface area contributed by atoms with Crippen LogP contribution >= 0.6 is 0 Å². The molecule has 55 heavy (non-hydrogen) atoms. The van der Waals surface area contributed by atoms with Gasteiger partial charge in [0.05, 0.1) is 28.3 Å². The van der Waals surface area contributed by atoms with Crippen LogP contribution in [-0.2, 0) is 18.3 Å². The second-order valence-corrected chi connectivity index (χ2v) is 15.6. The summed E-state index contributed by atoms with van der Waals surface area (Å²) in [6.45, 7) is 21.9. The fraction of sp³-hybridized carbons (Fsp3) is 0.312. The number of aromatic amines is 2. The van der Waals surface area contributed by atoms with E-state index in [2.05, 4.69) is 116 Å². The first-order valence-electron chi connectivity index (χ1n) is 19.7. The number of fused-ring (bicyclic) bond motifs is 10. The van der Waals surface area contributed by atoms with Gasteiger partial charge in [0.25, 0.3) is 0 Å². The standard InChI is InChI=1S/C48H50N4O3/c1-11-28-24(5)36-21-37-25(6)29(12-2)39(50-37)23-41-31(14-4)27(8)44(52-41)42(43-26(7)30(13-3)40(51-43)22-38(28)49-36)32-17-15-19-34-45(32)55-46-33(47(53)54)18-16-20-35(46)48(34,9)10/h15-23,49,52H,11-14H2,1-10H3,(H,53,54). The summed E-state index contributed by atoms with van der Waals surface area (Å²) in [7, 11) is 0. The maximum atomic E-state index is 12.6. The van der Waals surface area contributed by atoms with Gasteiger partial charge in [0.1, 0.15) is 17.1 Å². The van der Waals surface area contributed by atoms with E-state index in [1.807, 2.05) is 6.07 Å². The Morgan fingerprint density at radius 1 is 0.691 bits per heavy atom. The molecule has 8 rings (SSSR count). The summed E-state index contributed by atoms with van der Waals surface area (Å²) in [5.74, 6) is 0.0253. The number of nitrogens with one attached hydrogen (secondary N) is 2. The van der Waals surface area contributed by atoms with E-state index in [-0.39, 0.29) is 5.56 Å². The number of aromatic nitrogens is 4. The number of benzene rings is 2. The Hall–Kier alpha value is -5.69. The summed E-state index contributed by atoms with van der Waals surface area (Å²) < 4.78 is 6.87. The lowest BCUT2D eigenvalue weighted by atomic mass is 9.74. The number of carbonyl (C=O) groups is 1. The third-order valence-corrected chi connectivity index (χ3v) is 12.4. The number of aryl methyl sites for hydroxylation is 4. The van der Waals surface area contributed by atoms with Crippen molar-refractivity contribution >= 4 is 50.3 Å². The fourth-order valence-corrected chi connectivity index (χ4v) is 9.32. The lowest BCUT2D eigenvalue weighted by Gasteiger charge is -2.36. The number of H-pyrrole nitrogens is 2. The molecule has 0 saturated heterocycles. The zero-order valence-electron chi connectivity index (χ0n) is 33.7. The van der Waals surface area contributed by atoms with Crippen molar-refractivity contribution in [3.8, 4) is 22.6 Å². The summed E-state index contributed by atoms with van der Waals surface area (Å²) in [6, 6.07) is 18.4. The first-order valence-corrected chi connectivity index (χ1v) is 19.7. The van der Waals surface area contributed by atoms with Gasteiger partial charge >= 0.3 is 5.97 Å². The quantitative estimate of drug-likeness (QED) is 0.161. The molecular weight excluding hydrogens is 681 g/mol. The van der Waals surface area contributed by atoms with Crippen molar-refractivity contribution in [3.63, 3.8) is 0 Å². The molecule has 3 aliphatic heterocycles. The summed E-state index contributed by atoms with van der Waals surface area (Å²) in [5.41, 5.74) is 20.8. The lowest BCUT2D eigenvalue weighted by molar-refractivity contribution is 0.0693. The number of aromatic carboxylic acids is 1. The number of ether oxygens (including phenoxy) is 1. The molecule has 5 aromatic rings. The maximum Gasteiger partial charge on any atom is 0.339 e. The number of carboxylic acids is 1. The zero-order valence-corrected chi connectivity index (χ0v) is 33.7. The number of para-hydroxylation sites is 2. The van der Waals surface area contributed by atoms with Crippen molar-refractivity contribution in [2.45, 2.75) is 100 Å². The molecule has 0 saturated carbocycles. The number of nitrogens with zero attached hydrogens (tertiary/aromatic N) is 2. The third kappa shape index (κ3) is 5.42. The van der Waals surface area contributed by atoms with Gasteiger partial charge in [-0.2, -0.15) is 0 Å². The predicted octanol–water partition coefficient (Wildman–Crippen LogP) is 12.5. The van der Waals surface area contributed by atoms with Gasteiger partial charge in [0.2, 0.25) is 0 Å². The van der Waals surface area contributed by atoms with Crippen LogP contribution in [0.25, 0.3) is 55.5 Å². The first-order chi connectivity index (χ1) is 26.3. The molecule has 0 atom stereocenters. The Bertz CT molecular complexity index is 2720. The van der Waals surface area contributed by atoms with E-state index in [1.54, 1.807) is 12.1 Å². The highest BCUT2D eigenvalue weighted by molar-refractivity contribution is 6.03. The van der Waals surface area contributed by atoms with Crippen LogP contribution in [0.2, 0.25) is 0 Å². The average Bonchev–Trinajstić information content (AvgIpc) is 3.84. The van der Waals surface area contributed by atoms with Crippen molar-refractivity contribution in [3.05, 3.63) is 116 Å². The van der Waals surface area contributed by atoms with Gasteiger partial charge in [-0.05, 0) is 122 Å². The third-order valence-electron chi connectivity index (χ3n) is 12.4. The second-order valence-electron chi connectivity index (χ2n) is 15.6. The summed E-state index contributed by atoms with van der Waals surface area (Å²) in [5, 5.41) is 10.3. The van der Waals surface area contributed by atoms with E-state index >= 15 is 0 Å². The van der Waals surface area contributed by atoms with E-state index in [4.69, 9.17) is 14.7 Å². The molecule has 6 heterocycles. The molecule has 8 bridgehead atoms. The minimum absolute atomic E-state index is 0.149. The minimum atomic E-state index is -1.02. The molecule has 3 N–H and O–H groups in total. The molecule has 280 valence electrons. The largest absolute Gasteiger partial charge is 0.478 e. The monoisotopic (exact) mass is 730 g/mol. The smallest absolute Gasteiger partial charge is 0.339 e. The fourth-order valence-electron chi connectivity index (χ4n) is 9.32. The van der Waals surface area contributed by atoms with Gasteiger partial charge in [-0.25, -0.2) is 14.8 Å². The van der Waals surface area contributed by atoms with Crippen LogP contribution < -0.4 is 4.74 Å². The predicted molar refractivity (Wildman–Crippen MR) is 226 cm³/mol. The molecule has 0 fully saturated rings. The molecule has 3 aliphatic rings. The Morgan fingerprint density at radius 3 is 1.93 bits per heavy atom. The Morgan fingerprint density at radius 2 is 1.27 bits per heavy atom. The summed E-state index contributed by atoms with van der Waals surface area (Å²) >= 11 is 0. The minimum Gasteiger partial charge on any atom is -0.478 e. The van der Waals surface area contributed by atoms with Crippen LogP contribution in [0.15, 0.2) is 54.6 Å². The summed E-state index contributed by atoms with van der Waals surface area (Å²) in [6.07, 6.45) is 3.39. The number of carboxylic acid groups (broad SMARTS) is 1. The van der Waals surface area contributed by atoms with Gasteiger partial charge in [0, 0.05) is 44.2 Å². The van der Waals surface area contributed by atoms with Crippen LogP contribution in [0.1, 0.15) is 135 Å². The highest BCUT2D eigenvalue weighted by atomic mass is 16.5. The van der Waals surface area contributed by atoms with Crippen LogP contribution in [0.4, 0.5) is 0 Å². The van der Waals surface area contributed by atoms with Crippen LogP contribution in [-0.4, -0.2) is 31.0 Å². The molecule has 2 aromatic carbocycles. The van der Waals surface area contributed by atoms with Gasteiger partial charge < -0.3 is 19.8 Å². The van der Waals surface area contributed by atoms with E-state index in [9.17, 15) is 9.90 Å². The lowest BCUT2D eigenvalue weighted by Crippen LogP contribution is -2.25. The normalized spacial score (nSPS) is 14.6. The van der Waals surface area contributed by atoms with Crippen LogP contribution in [0.3, 0.4) is 0 Å². The Kier molecular flexibility index (Phi) is 8.75. The maximum absolute atomic E-state index is 12.6. The van der Waals surface area contributed by atoms with E-state index in [0.717, 1.165) is 104 Å². The summed E-state index contributed by atoms with van der Waals surface area (Å²) in [4.78, 5) is 31.1. The highest BCUT2D eigenvalue weighted by Gasteiger charge is 2.38. The second kappa shape index (κ2) is 13.3. The van der Waals surface area contributed by atoms with Crippen molar-refractivity contribution in [1.29, 1.82) is 0 Å². The van der Waals surface area contributed by atoms with Gasteiger partial charge in [-0.1, -0.05) is 71.9 Å². The average molecular weight is 731 g/mol. The molecule has 0 amide bonds. The molecule has 7 nitrogen and oxygen atoms in total. The highest BCUT2D eigenvalue weighted by Crippen LogP contribution is 2.54. The van der Waals surface area contributed by atoms with Gasteiger partial charge in [0.15, 0.2) is 0 Å². The molecule has 3 aromatic heterocycles. The molecule has 0 spiro atoms. The SMILES string of the molecule is CCC1=C(C)c2cc3[nH]c(cc4nc(c(-c5cccc6c5Oc5c(C(=O)O)cccc5C6(C)C)c5[nH]c(cc1n2)c(CC)c5C)C(C)=C4CC)c(CC)c3C. The zero-order chi connectivity index (χ0) is 39.1. The molecular formula is C48H50N4O3. The van der Waals surface area contributed by atoms with Crippen LogP contribution in [0, 0.1) is 13.8 Å². The molecule has 0 radical (unpaired) electrons. The number of hydrogen-bond donors (Lipinski definition) is 3. The van der Waals surface area contributed by atoms with Crippen LogP contribution in [0.5, 0.6) is 11.5 Å². The van der Waals surface area contributed by atoms with Crippen molar-refractivity contribution in [2.24, 2.45) is 0 Å². The number of allylic oxidation sites excluding steroid dienone is 4. The van der Waals surface area contributed by atoms with E-state index < -0.39 is 11.4 Å².